The van der Waals surface area contributed by atoms with Gasteiger partial charge in [0.15, 0.2) is 11.5 Å². The van der Waals surface area contributed by atoms with Gasteiger partial charge in [-0.3, -0.25) is 0 Å². The molecule has 3 nitrogen and oxygen atoms in total. The molecule has 3 rings (SSSR count). The zero-order valence-corrected chi connectivity index (χ0v) is 7.95. The first kappa shape index (κ1) is 8.12. The Bertz CT molecular complexity index is 376. The molecule has 74 valence electrons. The molecule has 0 saturated carbocycles. The maximum Gasteiger partial charge on any atom is 0.231 e. The maximum absolute atomic E-state index is 6.04. The smallest absolute Gasteiger partial charge is 0.231 e. The van der Waals surface area contributed by atoms with Crippen molar-refractivity contribution in [1.82, 2.24) is 0 Å². The lowest BCUT2D eigenvalue weighted by Crippen LogP contribution is -2.17. The number of aryl methyl sites for hydroxylation is 1. The Labute approximate surface area is 82.8 Å². The second-order valence-corrected chi connectivity index (χ2v) is 3.90. The lowest BCUT2D eigenvalue weighted by Gasteiger charge is -2.22. The molecule has 1 aromatic rings. The Hall–Kier alpha value is -1.22. The van der Waals surface area contributed by atoms with Gasteiger partial charge in [-0.15, -0.1) is 0 Å². The summed E-state index contributed by atoms with van der Waals surface area (Å²) < 4.78 is 10.7. The van der Waals surface area contributed by atoms with E-state index in [2.05, 4.69) is 6.07 Å². The summed E-state index contributed by atoms with van der Waals surface area (Å²) in [5.74, 6) is 1.72. The number of benzene rings is 1. The molecule has 1 unspecified atom stereocenters. The summed E-state index contributed by atoms with van der Waals surface area (Å²) in [7, 11) is 0. The maximum atomic E-state index is 6.04. The fourth-order valence-electron chi connectivity index (χ4n) is 2.23. The number of fused-ring (bicyclic) bond motifs is 2. The van der Waals surface area contributed by atoms with Crippen LogP contribution in [-0.4, -0.2) is 6.79 Å². The van der Waals surface area contributed by atoms with Gasteiger partial charge in [-0.05, 0) is 42.5 Å². The number of ether oxygens (including phenoxy) is 2. The minimum absolute atomic E-state index is 0.174. The zero-order chi connectivity index (χ0) is 9.54. The second kappa shape index (κ2) is 2.89. The highest BCUT2D eigenvalue weighted by Crippen LogP contribution is 2.39. The van der Waals surface area contributed by atoms with Crippen molar-refractivity contribution in [3.05, 3.63) is 23.3 Å². The van der Waals surface area contributed by atoms with E-state index in [4.69, 9.17) is 15.2 Å². The van der Waals surface area contributed by atoms with E-state index in [0.717, 1.165) is 24.3 Å². The van der Waals surface area contributed by atoms with Gasteiger partial charge in [0.1, 0.15) is 0 Å². The van der Waals surface area contributed by atoms with E-state index in [1.54, 1.807) is 0 Å². The molecule has 0 fully saturated rings. The van der Waals surface area contributed by atoms with Gasteiger partial charge in [-0.2, -0.15) is 0 Å². The summed E-state index contributed by atoms with van der Waals surface area (Å²) >= 11 is 0. The summed E-state index contributed by atoms with van der Waals surface area (Å²) in [4.78, 5) is 0. The Morgan fingerprint density at radius 3 is 2.86 bits per heavy atom. The number of nitrogens with two attached hydrogens (primary N) is 1. The summed E-state index contributed by atoms with van der Waals surface area (Å²) in [5, 5.41) is 0. The molecular weight excluding hydrogens is 178 g/mol. The van der Waals surface area contributed by atoms with Crippen molar-refractivity contribution in [3.63, 3.8) is 0 Å². The third-order valence-corrected chi connectivity index (χ3v) is 3.00. The standard InChI is InChI=1S/C11H13NO2/c12-9-3-1-2-7-4-10-11(5-8(7)9)14-6-13-10/h4-5,9H,1-3,6,12H2. The van der Waals surface area contributed by atoms with Crippen molar-refractivity contribution >= 4 is 0 Å². The van der Waals surface area contributed by atoms with E-state index in [0.29, 0.717) is 6.79 Å². The van der Waals surface area contributed by atoms with E-state index in [1.807, 2.05) is 6.07 Å². The van der Waals surface area contributed by atoms with Crippen molar-refractivity contribution in [2.75, 3.05) is 6.79 Å². The first-order valence-corrected chi connectivity index (χ1v) is 5.02. The molecule has 0 radical (unpaired) electrons. The van der Waals surface area contributed by atoms with Gasteiger partial charge < -0.3 is 15.2 Å². The van der Waals surface area contributed by atoms with E-state index in [-0.39, 0.29) is 6.04 Å². The Morgan fingerprint density at radius 1 is 1.21 bits per heavy atom. The highest BCUT2D eigenvalue weighted by atomic mass is 16.7. The third-order valence-electron chi connectivity index (χ3n) is 3.00. The predicted molar refractivity (Wildman–Crippen MR) is 52.4 cm³/mol. The van der Waals surface area contributed by atoms with Crippen LogP contribution in [0.4, 0.5) is 0 Å². The summed E-state index contributed by atoms with van der Waals surface area (Å²) in [6.07, 6.45) is 3.36. The van der Waals surface area contributed by atoms with E-state index < -0.39 is 0 Å². The molecule has 1 aromatic carbocycles. The highest BCUT2D eigenvalue weighted by molar-refractivity contribution is 5.50. The minimum atomic E-state index is 0.174. The molecule has 1 heterocycles. The normalized spacial score (nSPS) is 23.4. The monoisotopic (exact) mass is 191 g/mol. The first-order chi connectivity index (χ1) is 6.84. The molecule has 0 amide bonds. The van der Waals surface area contributed by atoms with Crippen molar-refractivity contribution in [2.45, 2.75) is 25.3 Å². The molecular formula is C11H13NO2. The molecule has 3 heteroatoms. The quantitative estimate of drug-likeness (QED) is 0.679. The number of hydrogen-bond donors (Lipinski definition) is 1. The number of rotatable bonds is 0. The van der Waals surface area contributed by atoms with Gasteiger partial charge in [0.25, 0.3) is 0 Å². The van der Waals surface area contributed by atoms with Gasteiger partial charge in [0, 0.05) is 6.04 Å². The highest BCUT2D eigenvalue weighted by Gasteiger charge is 2.22. The van der Waals surface area contributed by atoms with Crippen LogP contribution in [0.2, 0.25) is 0 Å². The lowest BCUT2D eigenvalue weighted by molar-refractivity contribution is 0.174. The van der Waals surface area contributed by atoms with E-state index >= 15 is 0 Å². The molecule has 0 aromatic heterocycles. The predicted octanol–water partition coefficient (Wildman–Crippen LogP) is 1.75. The molecule has 2 N–H and O–H groups in total. The molecule has 0 saturated heterocycles. The fraction of sp³-hybridized carbons (Fsp3) is 0.455. The van der Waals surface area contributed by atoms with Crippen LogP contribution in [0.5, 0.6) is 11.5 Å². The molecule has 0 bridgehead atoms. The second-order valence-electron chi connectivity index (χ2n) is 3.90. The molecule has 1 aliphatic carbocycles. The van der Waals surface area contributed by atoms with Crippen LogP contribution < -0.4 is 15.2 Å². The zero-order valence-electron chi connectivity index (χ0n) is 7.95. The Kier molecular flexibility index (Phi) is 1.67. The van der Waals surface area contributed by atoms with E-state index in [9.17, 15) is 0 Å². The topological polar surface area (TPSA) is 44.5 Å². The van der Waals surface area contributed by atoms with Gasteiger partial charge >= 0.3 is 0 Å². The first-order valence-electron chi connectivity index (χ1n) is 5.02. The van der Waals surface area contributed by atoms with Crippen LogP contribution in [0.1, 0.15) is 30.0 Å². The van der Waals surface area contributed by atoms with Gasteiger partial charge in [-0.1, -0.05) is 0 Å². The molecule has 1 aliphatic heterocycles. The molecule has 2 aliphatic rings. The average Bonchev–Trinajstić information content (AvgIpc) is 2.62. The van der Waals surface area contributed by atoms with Crippen LogP contribution in [0.15, 0.2) is 12.1 Å². The fourth-order valence-corrected chi connectivity index (χ4v) is 2.23. The van der Waals surface area contributed by atoms with Crippen LogP contribution >= 0.6 is 0 Å². The van der Waals surface area contributed by atoms with Crippen molar-refractivity contribution < 1.29 is 9.47 Å². The van der Waals surface area contributed by atoms with Crippen molar-refractivity contribution in [1.29, 1.82) is 0 Å². The van der Waals surface area contributed by atoms with Gasteiger partial charge in [0.05, 0.1) is 0 Å². The van der Waals surface area contributed by atoms with Crippen LogP contribution in [0, 0.1) is 0 Å². The Morgan fingerprint density at radius 2 is 2.00 bits per heavy atom. The van der Waals surface area contributed by atoms with Crippen LogP contribution in [0.25, 0.3) is 0 Å². The van der Waals surface area contributed by atoms with Crippen LogP contribution in [0.3, 0.4) is 0 Å². The average molecular weight is 191 g/mol. The number of hydrogen-bond acceptors (Lipinski definition) is 3. The Balaban J connectivity index is 2.12. The molecule has 1 atom stereocenters. The molecule has 0 spiro atoms. The third kappa shape index (κ3) is 1.09. The largest absolute Gasteiger partial charge is 0.454 e. The summed E-state index contributed by atoms with van der Waals surface area (Å²) in [6, 6.07) is 4.30. The van der Waals surface area contributed by atoms with Gasteiger partial charge in [-0.25, -0.2) is 0 Å². The SMILES string of the molecule is NC1CCCc2cc3c(cc21)OCO3. The van der Waals surface area contributed by atoms with E-state index in [1.165, 1.54) is 17.5 Å². The summed E-state index contributed by atoms with van der Waals surface area (Å²) in [5.41, 5.74) is 8.61. The summed E-state index contributed by atoms with van der Waals surface area (Å²) in [6.45, 7) is 0.341. The molecule has 14 heavy (non-hydrogen) atoms. The minimum Gasteiger partial charge on any atom is -0.454 e. The van der Waals surface area contributed by atoms with Crippen molar-refractivity contribution in [3.8, 4) is 11.5 Å². The van der Waals surface area contributed by atoms with Crippen LogP contribution in [-0.2, 0) is 6.42 Å². The lowest BCUT2D eigenvalue weighted by atomic mass is 9.88. The van der Waals surface area contributed by atoms with Gasteiger partial charge in [0.2, 0.25) is 6.79 Å². The van der Waals surface area contributed by atoms with Crippen molar-refractivity contribution in [2.24, 2.45) is 5.73 Å².